The zero-order chi connectivity index (χ0) is 15.5. The third-order valence-corrected chi connectivity index (χ3v) is 4.81. The molecule has 2 rings (SSSR count). The number of hydrogen-bond acceptors (Lipinski definition) is 4. The molecule has 0 aromatic carbocycles. The zero-order valence-electron chi connectivity index (χ0n) is 13.3. The van der Waals surface area contributed by atoms with E-state index in [1.807, 2.05) is 13.8 Å². The summed E-state index contributed by atoms with van der Waals surface area (Å²) in [4.78, 5) is 26.7. The lowest BCUT2D eigenvalue weighted by atomic mass is 9.73. The molecule has 2 aliphatic heterocycles. The van der Waals surface area contributed by atoms with E-state index in [9.17, 15) is 9.59 Å². The standard InChI is InChI=1S/C15H27N3O3/c1-15(2,11-5-4-6-17-9-11)14(20)18-7-8-21-10-12(18)13(19)16-3/h11-12,17H,4-10H2,1-3H3,(H,16,19). The molecule has 2 heterocycles. The maximum absolute atomic E-state index is 13.0. The van der Waals surface area contributed by atoms with E-state index in [1.165, 1.54) is 0 Å². The van der Waals surface area contributed by atoms with Gasteiger partial charge in [-0.1, -0.05) is 13.8 Å². The summed E-state index contributed by atoms with van der Waals surface area (Å²) in [6.45, 7) is 7.17. The van der Waals surface area contributed by atoms with Crippen molar-refractivity contribution in [1.82, 2.24) is 15.5 Å². The summed E-state index contributed by atoms with van der Waals surface area (Å²) < 4.78 is 5.38. The predicted octanol–water partition coefficient (Wildman–Crippen LogP) is -0.0144. The first kappa shape index (κ1) is 16.2. The molecular weight excluding hydrogens is 270 g/mol. The maximum atomic E-state index is 13.0. The van der Waals surface area contributed by atoms with Crippen molar-refractivity contribution in [3.05, 3.63) is 0 Å². The Hall–Kier alpha value is -1.14. The summed E-state index contributed by atoms with van der Waals surface area (Å²) in [5.41, 5.74) is -0.461. The highest BCUT2D eigenvalue weighted by molar-refractivity contribution is 5.90. The molecule has 2 aliphatic rings. The molecule has 0 bridgehead atoms. The first-order valence-corrected chi connectivity index (χ1v) is 7.79. The lowest BCUT2D eigenvalue weighted by molar-refractivity contribution is -0.157. The van der Waals surface area contributed by atoms with Gasteiger partial charge in [0, 0.05) is 19.0 Å². The van der Waals surface area contributed by atoms with E-state index in [0.29, 0.717) is 19.1 Å². The van der Waals surface area contributed by atoms with Gasteiger partial charge in [-0.2, -0.15) is 0 Å². The number of likely N-dealkylation sites (N-methyl/N-ethyl adjacent to an activating group) is 1. The molecule has 0 aromatic rings. The number of piperidine rings is 1. The van der Waals surface area contributed by atoms with Gasteiger partial charge in [0.2, 0.25) is 11.8 Å². The van der Waals surface area contributed by atoms with Gasteiger partial charge in [0.1, 0.15) is 6.04 Å². The average Bonchev–Trinajstić information content (AvgIpc) is 2.54. The van der Waals surface area contributed by atoms with E-state index in [2.05, 4.69) is 10.6 Å². The molecule has 2 amide bonds. The second-order valence-corrected chi connectivity index (χ2v) is 6.47. The molecule has 120 valence electrons. The van der Waals surface area contributed by atoms with E-state index in [-0.39, 0.29) is 18.4 Å². The van der Waals surface area contributed by atoms with E-state index in [0.717, 1.165) is 25.9 Å². The second kappa shape index (κ2) is 6.75. The molecule has 2 N–H and O–H groups in total. The summed E-state index contributed by atoms with van der Waals surface area (Å²) in [5, 5.41) is 5.99. The third kappa shape index (κ3) is 3.37. The summed E-state index contributed by atoms with van der Waals surface area (Å²) in [7, 11) is 1.59. The van der Waals surface area contributed by atoms with Crippen molar-refractivity contribution in [2.45, 2.75) is 32.7 Å². The van der Waals surface area contributed by atoms with Gasteiger partial charge in [-0.25, -0.2) is 0 Å². The van der Waals surface area contributed by atoms with Crippen LogP contribution in [-0.2, 0) is 14.3 Å². The number of nitrogens with zero attached hydrogens (tertiary/aromatic N) is 1. The molecule has 0 saturated carbocycles. The minimum Gasteiger partial charge on any atom is -0.377 e. The van der Waals surface area contributed by atoms with E-state index < -0.39 is 11.5 Å². The highest BCUT2D eigenvalue weighted by Gasteiger charge is 2.43. The van der Waals surface area contributed by atoms with Crippen LogP contribution in [0.4, 0.5) is 0 Å². The van der Waals surface area contributed by atoms with Crippen LogP contribution >= 0.6 is 0 Å². The molecule has 0 spiro atoms. The van der Waals surface area contributed by atoms with E-state index >= 15 is 0 Å². The SMILES string of the molecule is CNC(=O)C1COCCN1C(=O)C(C)(C)C1CCCNC1. The number of rotatable bonds is 3. The molecule has 21 heavy (non-hydrogen) atoms. The fraction of sp³-hybridized carbons (Fsp3) is 0.867. The Bertz CT molecular complexity index is 392. The first-order valence-electron chi connectivity index (χ1n) is 7.79. The molecule has 2 unspecified atom stereocenters. The molecule has 2 fully saturated rings. The van der Waals surface area contributed by atoms with Crippen molar-refractivity contribution in [1.29, 1.82) is 0 Å². The number of ether oxygens (including phenoxy) is 1. The molecule has 2 atom stereocenters. The van der Waals surface area contributed by atoms with Crippen LogP contribution in [0.25, 0.3) is 0 Å². The number of hydrogen-bond donors (Lipinski definition) is 2. The number of amides is 2. The summed E-state index contributed by atoms with van der Waals surface area (Å²) in [5.74, 6) is 0.223. The Kier molecular flexibility index (Phi) is 5.22. The largest absolute Gasteiger partial charge is 0.377 e. The molecule has 0 radical (unpaired) electrons. The van der Waals surface area contributed by atoms with Gasteiger partial charge < -0.3 is 20.3 Å². The van der Waals surface area contributed by atoms with Crippen molar-refractivity contribution < 1.29 is 14.3 Å². The summed E-state index contributed by atoms with van der Waals surface area (Å²) in [6.07, 6.45) is 2.16. The van der Waals surface area contributed by atoms with Crippen LogP contribution in [0.15, 0.2) is 0 Å². The lowest BCUT2D eigenvalue weighted by Crippen LogP contribution is -2.59. The average molecular weight is 297 g/mol. The fourth-order valence-electron chi connectivity index (χ4n) is 3.24. The highest BCUT2D eigenvalue weighted by Crippen LogP contribution is 2.34. The van der Waals surface area contributed by atoms with Crippen LogP contribution in [0, 0.1) is 11.3 Å². The Balaban J connectivity index is 2.13. The fourth-order valence-corrected chi connectivity index (χ4v) is 3.24. The van der Waals surface area contributed by atoms with Crippen LogP contribution in [0.5, 0.6) is 0 Å². The minimum absolute atomic E-state index is 0.0631. The van der Waals surface area contributed by atoms with Gasteiger partial charge in [0.25, 0.3) is 0 Å². The Morgan fingerprint density at radius 2 is 2.14 bits per heavy atom. The Morgan fingerprint density at radius 3 is 2.76 bits per heavy atom. The third-order valence-electron chi connectivity index (χ3n) is 4.81. The van der Waals surface area contributed by atoms with Crippen LogP contribution in [0.1, 0.15) is 26.7 Å². The van der Waals surface area contributed by atoms with Crippen molar-refractivity contribution in [2.75, 3.05) is 39.9 Å². The number of nitrogens with one attached hydrogen (secondary N) is 2. The van der Waals surface area contributed by atoms with Gasteiger partial charge in [-0.15, -0.1) is 0 Å². The highest BCUT2D eigenvalue weighted by atomic mass is 16.5. The van der Waals surface area contributed by atoms with E-state index in [1.54, 1.807) is 11.9 Å². The quantitative estimate of drug-likeness (QED) is 0.768. The van der Waals surface area contributed by atoms with Crippen LogP contribution < -0.4 is 10.6 Å². The first-order chi connectivity index (χ1) is 9.98. The van der Waals surface area contributed by atoms with Crippen LogP contribution in [0.2, 0.25) is 0 Å². The van der Waals surface area contributed by atoms with Crippen LogP contribution in [-0.4, -0.2) is 62.7 Å². The summed E-state index contributed by atoms with van der Waals surface area (Å²) in [6, 6.07) is -0.507. The maximum Gasteiger partial charge on any atom is 0.244 e. The van der Waals surface area contributed by atoms with Crippen molar-refractivity contribution in [2.24, 2.45) is 11.3 Å². The normalized spacial score (nSPS) is 27.3. The zero-order valence-corrected chi connectivity index (χ0v) is 13.3. The number of morpholine rings is 1. The molecule has 6 nitrogen and oxygen atoms in total. The summed E-state index contributed by atoms with van der Waals surface area (Å²) >= 11 is 0. The van der Waals surface area contributed by atoms with Gasteiger partial charge >= 0.3 is 0 Å². The lowest BCUT2D eigenvalue weighted by Gasteiger charge is -2.43. The smallest absolute Gasteiger partial charge is 0.244 e. The van der Waals surface area contributed by atoms with Gasteiger partial charge in [0.05, 0.1) is 13.2 Å². The predicted molar refractivity (Wildman–Crippen MR) is 79.8 cm³/mol. The molecule has 0 aliphatic carbocycles. The van der Waals surface area contributed by atoms with Crippen LogP contribution in [0.3, 0.4) is 0 Å². The molecule has 0 aromatic heterocycles. The topological polar surface area (TPSA) is 70.7 Å². The van der Waals surface area contributed by atoms with Gasteiger partial charge in [-0.3, -0.25) is 9.59 Å². The monoisotopic (exact) mass is 297 g/mol. The van der Waals surface area contributed by atoms with Crippen molar-refractivity contribution in [3.63, 3.8) is 0 Å². The Labute approximate surface area is 126 Å². The van der Waals surface area contributed by atoms with Crippen molar-refractivity contribution in [3.8, 4) is 0 Å². The van der Waals surface area contributed by atoms with Gasteiger partial charge in [0.15, 0.2) is 0 Å². The molecular formula is C15H27N3O3. The molecule has 2 saturated heterocycles. The Morgan fingerprint density at radius 1 is 1.38 bits per heavy atom. The minimum atomic E-state index is -0.507. The number of carbonyl (C=O) groups is 2. The van der Waals surface area contributed by atoms with Crippen molar-refractivity contribution >= 4 is 11.8 Å². The van der Waals surface area contributed by atoms with Gasteiger partial charge in [-0.05, 0) is 31.8 Å². The second-order valence-electron chi connectivity index (χ2n) is 6.47. The number of carbonyl (C=O) groups excluding carboxylic acids is 2. The molecule has 6 heteroatoms. The van der Waals surface area contributed by atoms with E-state index in [4.69, 9.17) is 4.74 Å².